The zero-order valence-corrected chi connectivity index (χ0v) is 12.7. The minimum Gasteiger partial charge on any atom is -0.336 e. The Bertz CT molecular complexity index is 386. The van der Waals surface area contributed by atoms with Gasteiger partial charge in [-0.25, -0.2) is 4.98 Å². The third-order valence-corrected chi connectivity index (χ3v) is 3.03. The standard InChI is InChI=1S/C14H26N4O/c1-10(2)6-8-18(9-7-11(3)4)14(19)13-15-12(5)16-17-13/h10-11H,6-9H2,1-5H3,(H,15,16,17). The van der Waals surface area contributed by atoms with E-state index in [0.29, 0.717) is 17.7 Å². The van der Waals surface area contributed by atoms with Gasteiger partial charge in [-0.05, 0) is 31.6 Å². The lowest BCUT2D eigenvalue weighted by molar-refractivity contribution is 0.0729. The maximum atomic E-state index is 12.4. The second kappa shape index (κ2) is 7.26. The highest BCUT2D eigenvalue weighted by atomic mass is 16.2. The van der Waals surface area contributed by atoms with Crippen LogP contribution in [0.1, 0.15) is 57.0 Å². The summed E-state index contributed by atoms with van der Waals surface area (Å²) in [5.41, 5.74) is 0. The Labute approximate surface area is 115 Å². The number of aromatic amines is 1. The second-order valence-corrected chi connectivity index (χ2v) is 5.90. The maximum absolute atomic E-state index is 12.4. The van der Waals surface area contributed by atoms with Gasteiger partial charge in [-0.1, -0.05) is 27.7 Å². The van der Waals surface area contributed by atoms with E-state index in [1.54, 1.807) is 6.92 Å². The lowest BCUT2D eigenvalue weighted by atomic mass is 10.1. The number of carbonyl (C=O) groups excluding carboxylic acids is 1. The summed E-state index contributed by atoms with van der Waals surface area (Å²) in [5, 5.41) is 6.69. The maximum Gasteiger partial charge on any atom is 0.293 e. The molecule has 5 nitrogen and oxygen atoms in total. The Morgan fingerprint density at radius 3 is 2.05 bits per heavy atom. The Morgan fingerprint density at radius 2 is 1.68 bits per heavy atom. The fourth-order valence-electron chi connectivity index (χ4n) is 1.72. The summed E-state index contributed by atoms with van der Waals surface area (Å²) in [6, 6.07) is 0. The summed E-state index contributed by atoms with van der Waals surface area (Å²) in [6.45, 7) is 12.0. The first-order valence-electron chi connectivity index (χ1n) is 7.08. The van der Waals surface area contributed by atoms with Gasteiger partial charge in [0.1, 0.15) is 5.82 Å². The Kier molecular flexibility index (Phi) is 5.99. The summed E-state index contributed by atoms with van der Waals surface area (Å²) in [7, 11) is 0. The van der Waals surface area contributed by atoms with E-state index in [2.05, 4.69) is 42.9 Å². The molecule has 1 rings (SSSR count). The van der Waals surface area contributed by atoms with E-state index in [0.717, 1.165) is 25.9 Å². The van der Waals surface area contributed by atoms with Crippen molar-refractivity contribution < 1.29 is 4.79 Å². The molecule has 0 unspecified atom stereocenters. The van der Waals surface area contributed by atoms with Crippen molar-refractivity contribution in [1.29, 1.82) is 0 Å². The topological polar surface area (TPSA) is 61.9 Å². The van der Waals surface area contributed by atoms with Crippen LogP contribution in [0.25, 0.3) is 0 Å². The molecule has 1 aromatic heterocycles. The first-order chi connectivity index (χ1) is 8.90. The summed E-state index contributed by atoms with van der Waals surface area (Å²) >= 11 is 0. The summed E-state index contributed by atoms with van der Waals surface area (Å²) in [5.74, 6) is 2.07. The van der Waals surface area contributed by atoms with Crippen LogP contribution in [-0.2, 0) is 0 Å². The number of nitrogens with zero attached hydrogens (tertiary/aromatic N) is 3. The van der Waals surface area contributed by atoms with Gasteiger partial charge in [-0.2, -0.15) is 0 Å². The fraction of sp³-hybridized carbons (Fsp3) is 0.786. The SMILES string of the molecule is Cc1nc(C(=O)N(CCC(C)C)CCC(C)C)n[nH]1. The third-order valence-electron chi connectivity index (χ3n) is 3.03. The average molecular weight is 266 g/mol. The molecule has 1 N–H and O–H groups in total. The van der Waals surface area contributed by atoms with Crippen LogP contribution < -0.4 is 0 Å². The molecule has 0 saturated heterocycles. The second-order valence-electron chi connectivity index (χ2n) is 5.90. The van der Waals surface area contributed by atoms with Crippen LogP contribution in [0, 0.1) is 18.8 Å². The summed E-state index contributed by atoms with van der Waals surface area (Å²) in [4.78, 5) is 18.4. The van der Waals surface area contributed by atoms with Gasteiger partial charge < -0.3 is 4.90 Å². The van der Waals surface area contributed by atoms with Crippen molar-refractivity contribution >= 4 is 5.91 Å². The summed E-state index contributed by atoms with van der Waals surface area (Å²) in [6.07, 6.45) is 2.01. The molecule has 0 aliphatic carbocycles. The van der Waals surface area contributed by atoms with E-state index in [1.807, 2.05) is 4.90 Å². The first-order valence-corrected chi connectivity index (χ1v) is 7.08. The highest BCUT2D eigenvalue weighted by Gasteiger charge is 2.19. The quantitative estimate of drug-likeness (QED) is 0.825. The minimum absolute atomic E-state index is 0.0642. The van der Waals surface area contributed by atoms with Crippen molar-refractivity contribution in [3.8, 4) is 0 Å². The monoisotopic (exact) mass is 266 g/mol. The fourth-order valence-corrected chi connectivity index (χ4v) is 1.72. The van der Waals surface area contributed by atoms with Gasteiger partial charge in [-0.3, -0.25) is 9.89 Å². The van der Waals surface area contributed by atoms with Crippen LogP contribution in [0.4, 0.5) is 0 Å². The predicted octanol–water partition coefficient (Wildman–Crippen LogP) is 2.65. The number of hydrogen-bond donors (Lipinski definition) is 1. The lowest BCUT2D eigenvalue weighted by Crippen LogP contribution is -2.34. The van der Waals surface area contributed by atoms with Crippen molar-refractivity contribution in [2.24, 2.45) is 11.8 Å². The van der Waals surface area contributed by atoms with Crippen LogP contribution in [0.5, 0.6) is 0 Å². The molecule has 0 aliphatic heterocycles. The molecule has 0 bridgehead atoms. The molecule has 0 radical (unpaired) electrons. The number of carbonyl (C=O) groups is 1. The van der Waals surface area contributed by atoms with Crippen LogP contribution in [0.15, 0.2) is 0 Å². The molecular formula is C14H26N4O. The average Bonchev–Trinajstić information content (AvgIpc) is 2.74. The lowest BCUT2D eigenvalue weighted by Gasteiger charge is -2.23. The van der Waals surface area contributed by atoms with Crippen molar-refractivity contribution in [3.05, 3.63) is 11.6 Å². The van der Waals surface area contributed by atoms with Crippen molar-refractivity contribution in [2.75, 3.05) is 13.1 Å². The Morgan fingerprint density at radius 1 is 1.16 bits per heavy atom. The molecule has 5 heteroatoms. The number of aryl methyl sites for hydroxylation is 1. The number of H-pyrrole nitrogens is 1. The summed E-state index contributed by atoms with van der Waals surface area (Å²) < 4.78 is 0. The molecule has 0 atom stereocenters. The van der Waals surface area contributed by atoms with Gasteiger partial charge in [-0.15, -0.1) is 5.10 Å². The Hall–Kier alpha value is -1.39. The highest BCUT2D eigenvalue weighted by molar-refractivity contribution is 5.90. The number of nitrogens with one attached hydrogen (secondary N) is 1. The van der Waals surface area contributed by atoms with Gasteiger partial charge in [0.15, 0.2) is 0 Å². The van der Waals surface area contributed by atoms with Gasteiger partial charge in [0.2, 0.25) is 5.82 Å². The molecule has 1 amide bonds. The molecule has 0 fully saturated rings. The van der Waals surface area contributed by atoms with E-state index in [4.69, 9.17) is 0 Å². The van der Waals surface area contributed by atoms with Gasteiger partial charge in [0.25, 0.3) is 5.91 Å². The first kappa shape index (κ1) is 15.7. The minimum atomic E-state index is -0.0642. The number of amides is 1. The van der Waals surface area contributed by atoms with Crippen LogP contribution in [0.3, 0.4) is 0 Å². The molecule has 0 spiro atoms. The van der Waals surface area contributed by atoms with Crippen LogP contribution in [-0.4, -0.2) is 39.1 Å². The largest absolute Gasteiger partial charge is 0.336 e. The molecule has 0 aromatic carbocycles. The van der Waals surface area contributed by atoms with Gasteiger partial charge in [0, 0.05) is 13.1 Å². The van der Waals surface area contributed by atoms with Crippen LogP contribution >= 0.6 is 0 Å². The van der Waals surface area contributed by atoms with Crippen LogP contribution in [0.2, 0.25) is 0 Å². The zero-order valence-electron chi connectivity index (χ0n) is 12.7. The molecule has 0 saturated carbocycles. The van der Waals surface area contributed by atoms with E-state index in [1.165, 1.54) is 0 Å². The van der Waals surface area contributed by atoms with E-state index < -0.39 is 0 Å². The normalized spacial score (nSPS) is 11.3. The number of hydrogen-bond acceptors (Lipinski definition) is 3. The molecule has 0 aliphatic rings. The predicted molar refractivity (Wildman–Crippen MR) is 75.9 cm³/mol. The molecular weight excluding hydrogens is 240 g/mol. The zero-order chi connectivity index (χ0) is 14.4. The van der Waals surface area contributed by atoms with Crippen molar-refractivity contribution in [3.63, 3.8) is 0 Å². The highest BCUT2D eigenvalue weighted by Crippen LogP contribution is 2.09. The van der Waals surface area contributed by atoms with E-state index in [9.17, 15) is 4.79 Å². The molecule has 1 heterocycles. The molecule has 1 aromatic rings. The Balaban J connectivity index is 2.68. The number of aromatic nitrogens is 3. The smallest absolute Gasteiger partial charge is 0.293 e. The third kappa shape index (κ3) is 5.41. The van der Waals surface area contributed by atoms with Gasteiger partial charge >= 0.3 is 0 Å². The van der Waals surface area contributed by atoms with Gasteiger partial charge in [0.05, 0.1) is 0 Å². The van der Waals surface area contributed by atoms with Crippen molar-refractivity contribution in [1.82, 2.24) is 20.1 Å². The van der Waals surface area contributed by atoms with E-state index >= 15 is 0 Å². The molecule has 19 heavy (non-hydrogen) atoms. The molecule has 108 valence electrons. The number of rotatable bonds is 7. The van der Waals surface area contributed by atoms with E-state index in [-0.39, 0.29) is 11.7 Å². The van der Waals surface area contributed by atoms with Crippen molar-refractivity contribution in [2.45, 2.75) is 47.5 Å².